The maximum Gasteiger partial charge on any atom is 0.341 e. The Hall–Kier alpha value is -3.12. The van der Waals surface area contributed by atoms with Crippen LogP contribution in [0.4, 0.5) is 0 Å². The standard InChI is InChI=1S/C23H21ClN4O2/c24-9-18-8-19(17-6-7-17)11-27-13-21(26-22(18)27)14-28-12-20(10-25-28)23(29)30-15-16-4-2-1-3-5-16/h1-5,8,10-13,17H,6-7,9,14-15H2. The second-order valence-corrected chi connectivity index (χ2v) is 7.93. The molecule has 6 nitrogen and oxygen atoms in total. The highest BCUT2D eigenvalue weighted by Gasteiger charge is 2.25. The van der Waals surface area contributed by atoms with Crippen molar-refractivity contribution in [2.45, 2.75) is 37.8 Å². The van der Waals surface area contributed by atoms with Gasteiger partial charge in [0.15, 0.2) is 0 Å². The van der Waals surface area contributed by atoms with Crippen molar-refractivity contribution < 1.29 is 9.53 Å². The fourth-order valence-corrected chi connectivity index (χ4v) is 3.78. The van der Waals surface area contributed by atoms with Crippen molar-refractivity contribution in [3.05, 3.63) is 89.1 Å². The number of benzene rings is 1. The first-order valence-corrected chi connectivity index (χ1v) is 10.5. The number of carbonyl (C=O) groups is 1. The zero-order valence-electron chi connectivity index (χ0n) is 16.4. The number of halogens is 1. The maximum absolute atomic E-state index is 12.3. The van der Waals surface area contributed by atoms with Gasteiger partial charge >= 0.3 is 5.97 Å². The molecule has 0 atom stereocenters. The van der Waals surface area contributed by atoms with Crippen molar-refractivity contribution in [3.8, 4) is 0 Å². The van der Waals surface area contributed by atoms with Crippen LogP contribution in [0.1, 0.15) is 51.5 Å². The molecule has 1 aliphatic rings. The van der Waals surface area contributed by atoms with Crippen molar-refractivity contribution >= 4 is 23.2 Å². The van der Waals surface area contributed by atoms with Gasteiger partial charge in [-0.05, 0) is 36.0 Å². The Kier molecular flexibility index (Phi) is 5.01. The summed E-state index contributed by atoms with van der Waals surface area (Å²) >= 11 is 6.16. The van der Waals surface area contributed by atoms with E-state index in [1.807, 2.05) is 36.5 Å². The van der Waals surface area contributed by atoms with Gasteiger partial charge in [0, 0.05) is 24.2 Å². The first-order valence-electron chi connectivity index (χ1n) is 9.99. The summed E-state index contributed by atoms with van der Waals surface area (Å²) in [5.74, 6) is 0.691. The van der Waals surface area contributed by atoms with Gasteiger partial charge in [0.05, 0.1) is 29.9 Å². The summed E-state index contributed by atoms with van der Waals surface area (Å²) in [5.41, 5.74) is 5.47. The summed E-state index contributed by atoms with van der Waals surface area (Å²) in [6, 6.07) is 11.8. The van der Waals surface area contributed by atoms with Gasteiger partial charge < -0.3 is 9.14 Å². The van der Waals surface area contributed by atoms with Gasteiger partial charge in [0.2, 0.25) is 0 Å². The number of aromatic nitrogens is 4. The van der Waals surface area contributed by atoms with Gasteiger partial charge in [0.1, 0.15) is 12.3 Å². The van der Waals surface area contributed by atoms with E-state index in [1.165, 1.54) is 24.6 Å². The average Bonchev–Trinajstić information content (AvgIpc) is 3.39. The number of fused-ring (bicyclic) bond motifs is 1. The Bertz CT molecular complexity index is 1190. The molecule has 0 bridgehead atoms. The maximum atomic E-state index is 12.3. The van der Waals surface area contributed by atoms with Crippen LogP contribution in [0.5, 0.6) is 0 Å². The highest BCUT2D eigenvalue weighted by Crippen LogP contribution is 2.40. The number of ether oxygens (including phenoxy) is 1. The quantitative estimate of drug-likeness (QED) is 0.325. The fraction of sp³-hybridized carbons (Fsp3) is 0.261. The van der Waals surface area contributed by atoms with Gasteiger partial charge in [-0.3, -0.25) is 4.68 Å². The number of imidazole rings is 1. The lowest BCUT2D eigenvalue weighted by molar-refractivity contribution is 0.0472. The van der Waals surface area contributed by atoms with E-state index < -0.39 is 5.97 Å². The number of rotatable bonds is 7. The summed E-state index contributed by atoms with van der Waals surface area (Å²) in [4.78, 5) is 17.0. The van der Waals surface area contributed by atoms with Crippen LogP contribution in [-0.2, 0) is 23.8 Å². The van der Waals surface area contributed by atoms with E-state index in [0.29, 0.717) is 23.9 Å². The lowest BCUT2D eigenvalue weighted by atomic mass is 10.1. The van der Waals surface area contributed by atoms with E-state index in [1.54, 1.807) is 10.9 Å². The lowest BCUT2D eigenvalue weighted by Gasteiger charge is -2.04. The topological polar surface area (TPSA) is 61.4 Å². The van der Waals surface area contributed by atoms with Crippen LogP contribution in [0.3, 0.4) is 0 Å². The van der Waals surface area contributed by atoms with Gasteiger partial charge in [-0.15, -0.1) is 11.6 Å². The van der Waals surface area contributed by atoms with E-state index in [2.05, 4.69) is 21.8 Å². The summed E-state index contributed by atoms with van der Waals surface area (Å²) in [5, 5.41) is 4.30. The molecule has 0 amide bonds. The van der Waals surface area contributed by atoms with Crippen molar-refractivity contribution in [1.82, 2.24) is 19.2 Å². The zero-order chi connectivity index (χ0) is 20.5. The molecule has 30 heavy (non-hydrogen) atoms. The average molecular weight is 421 g/mol. The number of hydrogen-bond acceptors (Lipinski definition) is 4. The first kappa shape index (κ1) is 18.9. The molecule has 1 saturated carbocycles. The number of hydrogen-bond donors (Lipinski definition) is 0. The van der Waals surface area contributed by atoms with Gasteiger partial charge in [-0.2, -0.15) is 5.10 Å². The van der Waals surface area contributed by atoms with Crippen LogP contribution < -0.4 is 0 Å². The van der Waals surface area contributed by atoms with Crippen LogP contribution in [0.15, 0.2) is 61.2 Å². The highest BCUT2D eigenvalue weighted by molar-refractivity contribution is 6.17. The van der Waals surface area contributed by atoms with Crippen LogP contribution in [0.2, 0.25) is 0 Å². The second-order valence-electron chi connectivity index (χ2n) is 7.66. The number of carbonyl (C=O) groups excluding carboxylic acids is 1. The molecule has 4 aromatic rings. The summed E-state index contributed by atoms with van der Waals surface area (Å²) in [6.45, 7) is 0.704. The minimum atomic E-state index is -0.390. The first-order chi connectivity index (χ1) is 14.7. The van der Waals surface area contributed by atoms with Gasteiger partial charge in [-0.1, -0.05) is 30.3 Å². The molecule has 0 saturated heterocycles. The summed E-state index contributed by atoms with van der Waals surface area (Å²) in [7, 11) is 0. The molecule has 3 heterocycles. The van der Waals surface area contributed by atoms with Crippen LogP contribution >= 0.6 is 11.6 Å². The van der Waals surface area contributed by atoms with Crippen molar-refractivity contribution in [2.24, 2.45) is 0 Å². The molecule has 5 rings (SSSR count). The third kappa shape index (κ3) is 3.96. The third-order valence-electron chi connectivity index (χ3n) is 5.30. The van der Waals surface area contributed by atoms with Crippen molar-refractivity contribution in [1.29, 1.82) is 0 Å². The number of alkyl halides is 1. The van der Waals surface area contributed by atoms with Crippen LogP contribution in [-0.4, -0.2) is 25.1 Å². The fourth-order valence-electron chi connectivity index (χ4n) is 3.59. The molecule has 0 radical (unpaired) electrons. The Labute approximate surface area is 179 Å². The molecular formula is C23H21ClN4O2. The molecule has 7 heteroatoms. The molecule has 0 unspecified atom stereocenters. The molecule has 1 aliphatic carbocycles. The predicted octanol–water partition coefficient (Wildman–Crippen LogP) is 4.55. The zero-order valence-corrected chi connectivity index (χ0v) is 17.1. The largest absolute Gasteiger partial charge is 0.457 e. The Morgan fingerprint density at radius 2 is 2.00 bits per heavy atom. The normalized spacial score (nSPS) is 13.6. The third-order valence-corrected chi connectivity index (χ3v) is 5.58. The molecular weight excluding hydrogens is 400 g/mol. The Morgan fingerprint density at radius 3 is 2.77 bits per heavy atom. The highest BCUT2D eigenvalue weighted by atomic mass is 35.5. The van der Waals surface area contributed by atoms with E-state index in [9.17, 15) is 4.79 Å². The van der Waals surface area contributed by atoms with Gasteiger partial charge in [-0.25, -0.2) is 9.78 Å². The van der Waals surface area contributed by atoms with E-state index in [4.69, 9.17) is 21.3 Å². The second kappa shape index (κ2) is 7.95. The van der Waals surface area contributed by atoms with E-state index >= 15 is 0 Å². The monoisotopic (exact) mass is 420 g/mol. The minimum absolute atomic E-state index is 0.238. The van der Waals surface area contributed by atoms with Crippen molar-refractivity contribution in [3.63, 3.8) is 0 Å². The van der Waals surface area contributed by atoms with Crippen molar-refractivity contribution in [2.75, 3.05) is 0 Å². The molecule has 0 N–H and O–H groups in total. The molecule has 0 spiro atoms. The molecule has 3 aromatic heterocycles. The van der Waals surface area contributed by atoms with E-state index in [0.717, 1.165) is 22.5 Å². The Morgan fingerprint density at radius 1 is 1.17 bits per heavy atom. The molecule has 0 aliphatic heterocycles. The Balaban J connectivity index is 1.30. The van der Waals surface area contributed by atoms with Crippen LogP contribution in [0.25, 0.3) is 5.65 Å². The minimum Gasteiger partial charge on any atom is -0.457 e. The number of pyridine rings is 1. The lowest BCUT2D eigenvalue weighted by Crippen LogP contribution is -2.05. The number of esters is 1. The molecule has 1 fully saturated rings. The smallest absolute Gasteiger partial charge is 0.341 e. The SMILES string of the molecule is O=C(OCc1ccccc1)c1cnn(Cc2cn3cc(C4CC4)cc(CCl)c3n2)c1. The molecule has 1 aromatic carbocycles. The molecule has 152 valence electrons. The van der Waals surface area contributed by atoms with E-state index in [-0.39, 0.29) is 6.61 Å². The summed E-state index contributed by atoms with van der Waals surface area (Å²) in [6.07, 6.45) is 9.85. The number of nitrogens with zero attached hydrogens (tertiary/aromatic N) is 4. The summed E-state index contributed by atoms with van der Waals surface area (Å²) < 4.78 is 9.12. The van der Waals surface area contributed by atoms with Crippen LogP contribution in [0, 0.1) is 0 Å². The van der Waals surface area contributed by atoms with Gasteiger partial charge in [0.25, 0.3) is 0 Å². The predicted molar refractivity (Wildman–Crippen MR) is 114 cm³/mol.